The summed E-state index contributed by atoms with van der Waals surface area (Å²) in [5, 5.41) is 10.4. The first kappa shape index (κ1) is 18.0. The molecule has 2 N–H and O–H groups in total. The third-order valence-corrected chi connectivity index (χ3v) is 4.96. The molecule has 28 heavy (non-hydrogen) atoms. The highest BCUT2D eigenvalue weighted by Crippen LogP contribution is 2.18. The maximum absolute atomic E-state index is 12.6. The molecule has 0 fully saturated rings. The monoisotopic (exact) mass is 409 g/mol. The number of rotatable bonds is 6. The van der Waals surface area contributed by atoms with Gasteiger partial charge in [-0.05, 0) is 24.4 Å². The van der Waals surface area contributed by atoms with Gasteiger partial charge in [0.05, 0.1) is 0 Å². The molecule has 0 unspecified atom stereocenters. The van der Waals surface area contributed by atoms with Crippen LogP contribution in [0, 0.1) is 4.77 Å². The molecule has 0 radical (unpaired) electrons. The van der Waals surface area contributed by atoms with E-state index in [-0.39, 0.29) is 5.91 Å². The zero-order chi connectivity index (χ0) is 19.3. The SMILES string of the molecule is O=C(Nn1c(-c2ccccc2)nn(CNc2nccs2)c1=S)c1ccncc1. The van der Waals surface area contributed by atoms with Crippen LogP contribution in [0.15, 0.2) is 66.4 Å². The zero-order valence-electron chi connectivity index (χ0n) is 14.5. The van der Waals surface area contributed by atoms with Gasteiger partial charge < -0.3 is 5.32 Å². The van der Waals surface area contributed by atoms with E-state index in [9.17, 15) is 4.79 Å². The van der Waals surface area contributed by atoms with Crippen LogP contribution in [-0.2, 0) is 6.67 Å². The smallest absolute Gasteiger partial charge is 0.270 e. The molecule has 4 rings (SSSR count). The number of pyridine rings is 1. The Kier molecular flexibility index (Phi) is 5.22. The predicted octanol–water partition coefficient (Wildman–Crippen LogP) is 3.39. The molecule has 8 nitrogen and oxygen atoms in total. The first-order valence-corrected chi connectivity index (χ1v) is 9.61. The lowest BCUT2D eigenvalue weighted by Gasteiger charge is -2.08. The van der Waals surface area contributed by atoms with Gasteiger partial charge in [-0.15, -0.1) is 16.4 Å². The van der Waals surface area contributed by atoms with Gasteiger partial charge in [0, 0.05) is 35.1 Å². The van der Waals surface area contributed by atoms with Gasteiger partial charge in [-0.2, -0.15) is 0 Å². The highest BCUT2D eigenvalue weighted by atomic mass is 32.1. The standard InChI is InChI=1S/C18H15N7OS2/c26-16(14-6-8-19-9-7-14)23-25-15(13-4-2-1-3-5-13)22-24(18(25)27)12-21-17-20-10-11-28-17/h1-11H,12H2,(H,20,21)(H,23,26). The number of hydrogen-bond donors (Lipinski definition) is 2. The molecule has 10 heteroatoms. The van der Waals surface area contributed by atoms with E-state index in [0.717, 1.165) is 10.7 Å². The van der Waals surface area contributed by atoms with Crippen molar-refractivity contribution < 1.29 is 4.79 Å². The summed E-state index contributed by atoms with van der Waals surface area (Å²) in [5.41, 5.74) is 4.14. The van der Waals surface area contributed by atoms with Crippen LogP contribution in [0.5, 0.6) is 0 Å². The Morgan fingerprint density at radius 3 is 2.61 bits per heavy atom. The van der Waals surface area contributed by atoms with Crippen LogP contribution in [0.4, 0.5) is 5.13 Å². The van der Waals surface area contributed by atoms with Crippen molar-refractivity contribution in [1.82, 2.24) is 24.4 Å². The maximum atomic E-state index is 12.6. The molecule has 0 aliphatic rings. The van der Waals surface area contributed by atoms with E-state index in [1.54, 1.807) is 35.4 Å². The van der Waals surface area contributed by atoms with E-state index >= 15 is 0 Å². The fourth-order valence-electron chi connectivity index (χ4n) is 2.51. The Bertz CT molecular complexity index is 1120. The minimum Gasteiger partial charge on any atom is -0.342 e. The highest BCUT2D eigenvalue weighted by Gasteiger charge is 2.16. The largest absolute Gasteiger partial charge is 0.342 e. The molecule has 0 aliphatic carbocycles. The topological polar surface area (TPSA) is 89.7 Å². The Labute approximate surface area is 169 Å². The van der Waals surface area contributed by atoms with Gasteiger partial charge >= 0.3 is 0 Å². The zero-order valence-corrected chi connectivity index (χ0v) is 16.2. The van der Waals surface area contributed by atoms with Crippen molar-refractivity contribution in [1.29, 1.82) is 0 Å². The van der Waals surface area contributed by atoms with Gasteiger partial charge in [-0.25, -0.2) is 14.3 Å². The summed E-state index contributed by atoms with van der Waals surface area (Å²) in [5.74, 6) is 0.233. The number of aromatic nitrogens is 5. The quantitative estimate of drug-likeness (QED) is 0.475. The Morgan fingerprint density at radius 1 is 1.11 bits per heavy atom. The lowest BCUT2D eigenvalue weighted by atomic mass is 10.2. The number of anilines is 1. The van der Waals surface area contributed by atoms with Crippen molar-refractivity contribution in [3.63, 3.8) is 0 Å². The average molecular weight is 410 g/mol. The van der Waals surface area contributed by atoms with Crippen molar-refractivity contribution in [2.45, 2.75) is 6.67 Å². The molecule has 0 spiro atoms. The normalized spacial score (nSPS) is 10.6. The van der Waals surface area contributed by atoms with Gasteiger partial charge in [0.2, 0.25) is 4.77 Å². The van der Waals surface area contributed by atoms with Crippen LogP contribution in [0.2, 0.25) is 0 Å². The number of carbonyl (C=O) groups is 1. The van der Waals surface area contributed by atoms with Crippen molar-refractivity contribution in [2.75, 3.05) is 10.7 Å². The second-order valence-electron chi connectivity index (χ2n) is 5.66. The van der Waals surface area contributed by atoms with E-state index < -0.39 is 0 Å². The molecule has 1 aromatic carbocycles. The number of benzene rings is 1. The molecule has 0 saturated heterocycles. The van der Waals surface area contributed by atoms with E-state index in [1.807, 2.05) is 35.7 Å². The number of amides is 1. The lowest BCUT2D eigenvalue weighted by molar-refractivity contribution is 0.101. The molecule has 4 aromatic rings. The van der Waals surface area contributed by atoms with Gasteiger partial charge in [0.15, 0.2) is 11.0 Å². The van der Waals surface area contributed by atoms with Crippen molar-refractivity contribution in [3.8, 4) is 11.4 Å². The number of nitrogens with one attached hydrogen (secondary N) is 2. The summed E-state index contributed by atoms with van der Waals surface area (Å²) in [6.07, 6.45) is 4.84. The number of nitrogens with zero attached hydrogens (tertiary/aromatic N) is 5. The number of thiazole rings is 1. The van der Waals surface area contributed by atoms with Gasteiger partial charge in [-0.3, -0.25) is 15.2 Å². The van der Waals surface area contributed by atoms with Crippen LogP contribution in [-0.4, -0.2) is 30.3 Å². The van der Waals surface area contributed by atoms with Gasteiger partial charge in [0.1, 0.15) is 6.67 Å². The highest BCUT2D eigenvalue weighted by molar-refractivity contribution is 7.71. The summed E-state index contributed by atoms with van der Waals surface area (Å²) in [6.45, 7) is 0.324. The van der Waals surface area contributed by atoms with E-state index in [0.29, 0.717) is 22.8 Å². The molecular formula is C18H15N7OS2. The van der Waals surface area contributed by atoms with Crippen LogP contribution < -0.4 is 10.7 Å². The second-order valence-corrected chi connectivity index (χ2v) is 6.92. The van der Waals surface area contributed by atoms with Crippen LogP contribution in [0.3, 0.4) is 0 Å². The van der Waals surface area contributed by atoms with Crippen molar-refractivity contribution in [2.24, 2.45) is 0 Å². The third-order valence-electron chi connectivity index (χ3n) is 3.84. The minimum atomic E-state index is -0.303. The summed E-state index contributed by atoms with van der Waals surface area (Å²) in [4.78, 5) is 20.8. The summed E-state index contributed by atoms with van der Waals surface area (Å²) in [6, 6.07) is 12.8. The van der Waals surface area contributed by atoms with Crippen LogP contribution >= 0.6 is 23.6 Å². The van der Waals surface area contributed by atoms with Crippen molar-refractivity contribution in [3.05, 3.63) is 76.8 Å². The average Bonchev–Trinajstić information content (AvgIpc) is 3.37. The molecule has 0 aliphatic heterocycles. The van der Waals surface area contributed by atoms with E-state index in [4.69, 9.17) is 12.2 Å². The van der Waals surface area contributed by atoms with E-state index in [2.05, 4.69) is 25.8 Å². The van der Waals surface area contributed by atoms with Crippen LogP contribution in [0.1, 0.15) is 10.4 Å². The number of hydrogen-bond acceptors (Lipinski definition) is 7. The first-order valence-electron chi connectivity index (χ1n) is 8.32. The molecular weight excluding hydrogens is 394 g/mol. The molecule has 1 amide bonds. The van der Waals surface area contributed by atoms with Gasteiger partial charge in [-0.1, -0.05) is 30.3 Å². The maximum Gasteiger partial charge on any atom is 0.270 e. The van der Waals surface area contributed by atoms with Crippen LogP contribution in [0.25, 0.3) is 11.4 Å². The molecule has 3 aromatic heterocycles. The lowest BCUT2D eigenvalue weighted by Crippen LogP contribution is -2.24. The Balaban J connectivity index is 1.68. The second kappa shape index (κ2) is 8.11. The van der Waals surface area contributed by atoms with Gasteiger partial charge in [0.25, 0.3) is 5.91 Å². The molecule has 140 valence electrons. The fraction of sp³-hybridized carbons (Fsp3) is 0.0556. The summed E-state index contributed by atoms with van der Waals surface area (Å²) >= 11 is 7.04. The third kappa shape index (κ3) is 3.82. The molecule has 3 heterocycles. The fourth-order valence-corrected chi connectivity index (χ4v) is 3.27. The summed E-state index contributed by atoms with van der Waals surface area (Å²) < 4.78 is 3.47. The minimum absolute atomic E-state index is 0.303. The molecule has 0 bridgehead atoms. The van der Waals surface area contributed by atoms with Crippen molar-refractivity contribution >= 4 is 34.6 Å². The number of carbonyl (C=O) groups excluding carboxylic acids is 1. The summed E-state index contributed by atoms with van der Waals surface area (Å²) in [7, 11) is 0. The molecule has 0 atom stereocenters. The van der Waals surface area contributed by atoms with E-state index in [1.165, 1.54) is 16.0 Å². The Hall–Kier alpha value is -3.37. The Morgan fingerprint density at radius 2 is 1.89 bits per heavy atom. The predicted molar refractivity (Wildman–Crippen MR) is 110 cm³/mol. The molecule has 0 saturated carbocycles. The first-order chi connectivity index (χ1) is 13.7.